The summed E-state index contributed by atoms with van der Waals surface area (Å²) in [6.07, 6.45) is 2.12. The molecule has 0 bridgehead atoms. The number of hydrogen-bond donors (Lipinski definition) is 2. The minimum absolute atomic E-state index is 0.0460. The molecular weight excluding hydrogens is 292 g/mol. The van der Waals surface area contributed by atoms with Crippen LogP contribution < -0.4 is 10.6 Å². The summed E-state index contributed by atoms with van der Waals surface area (Å²) >= 11 is 0. The molecule has 2 aromatic rings. The lowest BCUT2D eigenvalue weighted by Gasteiger charge is -2.13. The van der Waals surface area contributed by atoms with E-state index in [9.17, 15) is 18.3 Å². The van der Waals surface area contributed by atoms with E-state index in [2.05, 4.69) is 0 Å². The molecule has 0 radical (unpaired) electrons. The first-order chi connectivity index (χ1) is 9.82. The van der Waals surface area contributed by atoms with Crippen molar-refractivity contribution >= 4 is 10.0 Å². The second-order valence-corrected chi connectivity index (χ2v) is 6.21. The molecule has 0 amide bonds. The minimum Gasteiger partial charge on any atom is -0.503 e. The van der Waals surface area contributed by atoms with E-state index in [1.807, 2.05) is 6.92 Å². The maximum Gasteiger partial charge on any atom is 0.238 e. The van der Waals surface area contributed by atoms with Crippen LogP contribution in [0.2, 0.25) is 0 Å². The third kappa shape index (κ3) is 3.32. The summed E-state index contributed by atoms with van der Waals surface area (Å²) in [5.74, 6) is -0.249. The lowest BCUT2D eigenvalue weighted by molar-refractivity contribution is 0.451. The van der Waals surface area contributed by atoms with Crippen molar-refractivity contribution in [1.29, 1.82) is 0 Å². The van der Waals surface area contributed by atoms with Gasteiger partial charge < -0.3 is 9.67 Å². The fraction of sp³-hybridized carbons (Fsp3) is 0.214. The highest BCUT2D eigenvalue weighted by atomic mass is 32.2. The van der Waals surface area contributed by atoms with E-state index in [1.54, 1.807) is 22.9 Å². The number of pyridine rings is 1. The molecule has 0 unspecified atom stereocenters. The lowest BCUT2D eigenvalue weighted by atomic mass is 10.2. The first-order valence-electron chi connectivity index (χ1n) is 6.36. The molecule has 3 N–H and O–H groups in total. The molecule has 21 heavy (non-hydrogen) atoms. The topological polar surface area (TPSA) is 102 Å². The van der Waals surface area contributed by atoms with Crippen LogP contribution in [0.15, 0.2) is 46.2 Å². The Hall–Kier alpha value is -2.12. The van der Waals surface area contributed by atoms with Crippen LogP contribution in [-0.2, 0) is 23.0 Å². The number of nitrogens with zero attached hydrogens (tertiary/aromatic N) is 1. The Morgan fingerprint density at radius 2 is 1.81 bits per heavy atom. The molecular formula is C14H16N2O4S. The van der Waals surface area contributed by atoms with Crippen molar-refractivity contribution in [2.24, 2.45) is 5.14 Å². The van der Waals surface area contributed by atoms with E-state index < -0.39 is 15.5 Å². The Kier molecular flexibility index (Phi) is 4.15. The fourth-order valence-corrected chi connectivity index (χ4v) is 2.62. The van der Waals surface area contributed by atoms with Gasteiger partial charge >= 0.3 is 0 Å². The van der Waals surface area contributed by atoms with Gasteiger partial charge in [-0.15, -0.1) is 0 Å². The Balaban J connectivity index is 2.35. The second kappa shape index (κ2) is 5.71. The van der Waals surface area contributed by atoms with Crippen LogP contribution in [0.25, 0.3) is 0 Å². The summed E-state index contributed by atoms with van der Waals surface area (Å²) < 4.78 is 24.1. The summed E-state index contributed by atoms with van der Waals surface area (Å²) in [5.41, 5.74) is 0.964. The van der Waals surface area contributed by atoms with Crippen molar-refractivity contribution in [3.05, 3.63) is 58.0 Å². The Labute approximate surface area is 122 Å². The fourth-order valence-electron chi connectivity index (χ4n) is 2.10. The zero-order valence-electron chi connectivity index (χ0n) is 11.5. The zero-order chi connectivity index (χ0) is 15.6. The van der Waals surface area contributed by atoms with Crippen LogP contribution in [0.5, 0.6) is 5.75 Å². The largest absolute Gasteiger partial charge is 0.503 e. The molecule has 1 aromatic carbocycles. The summed E-state index contributed by atoms with van der Waals surface area (Å²) in [5, 5.41) is 14.8. The number of sulfonamides is 1. The lowest BCUT2D eigenvalue weighted by Crippen LogP contribution is -2.14. The maximum atomic E-state index is 11.4. The smallest absolute Gasteiger partial charge is 0.238 e. The number of rotatable bonds is 4. The van der Waals surface area contributed by atoms with Gasteiger partial charge in [0, 0.05) is 18.8 Å². The van der Waals surface area contributed by atoms with Crippen molar-refractivity contribution in [2.75, 3.05) is 0 Å². The summed E-state index contributed by atoms with van der Waals surface area (Å²) in [4.78, 5) is 11.5. The van der Waals surface area contributed by atoms with E-state index in [0.29, 0.717) is 18.7 Å². The minimum atomic E-state index is -3.71. The van der Waals surface area contributed by atoms with Gasteiger partial charge in [0.1, 0.15) is 0 Å². The van der Waals surface area contributed by atoms with Crippen molar-refractivity contribution in [2.45, 2.75) is 24.8 Å². The molecule has 0 aliphatic carbocycles. The molecule has 1 aromatic heterocycles. The Morgan fingerprint density at radius 3 is 2.33 bits per heavy atom. The van der Waals surface area contributed by atoms with Crippen molar-refractivity contribution in [1.82, 2.24) is 4.57 Å². The van der Waals surface area contributed by atoms with E-state index in [4.69, 9.17) is 5.14 Å². The van der Waals surface area contributed by atoms with Gasteiger partial charge in [0.05, 0.1) is 10.6 Å². The zero-order valence-corrected chi connectivity index (χ0v) is 12.3. The molecule has 0 aliphatic heterocycles. The van der Waals surface area contributed by atoms with Gasteiger partial charge in [0.25, 0.3) is 0 Å². The molecule has 112 valence electrons. The number of nitrogens with two attached hydrogens (primary N) is 1. The van der Waals surface area contributed by atoms with E-state index >= 15 is 0 Å². The van der Waals surface area contributed by atoms with Crippen LogP contribution in [0, 0.1) is 0 Å². The number of aromatic nitrogens is 1. The third-order valence-corrected chi connectivity index (χ3v) is 4.13. The highest BCUT2D eigenvalue weighted by Crippen LogP contribution is 2.15. The average molecular weight is 308 g/mol. The Bertz CT molecular complexity index is 808. The summed E-state index contributed by atoms with van der Waals surface area (Å²) in [7, 11) is -3.71. The molecule has 1 heterocycles. The molecule has 7 heteroatoms. The second-order valence-electron chi connectivity index (χ2n) is 4.65. The molecule has 2 rings (SSSR count). The van der Waals surface area contributed by atoms with E-state index in [1.165, 1.54) is 18.2 Å². The summed E-state index contributed by atoms with van der Waals surface area (Å²) in [6, 6.07) is 7.45. The maximum absolute atomic E-state index is 11.4. The van der Waals surface area contributed by atoms with Crippen molar-refractivity contribution in [3.63, 3.8) is 0 Å². The first-order valence-corrected chi connectivity index (χ1v) is 7.90. The monoisotopic (exact) mass is 308 g/mol. The van der Waals surface area contributed by atoms with Gasteiger partial charge in [0.15, 0.2) is 5.75 Å². The predicted octanol–water partition coefficient (Wildman–Crippen LogP) is 0.812. The number of hydrogen-bond acceptors (Lipinski definition) is 4. The Morgan fingerprint density at radius 1 is 1.19 bits per heavy atom. The van der Waals surface area contributed by atoms with Crippen LogP contribution in [0.3, 0.4) is 0 Å². The van der Waals surface area contributed by atoms with Gasteiger partial charge in [-0.05, 0) is 24.1 Å². The molecule has 0 saturated carbocycles. The molecule has 0 spiro atoms. The molecule has 0 saturated heterocycles. The highest BCUT2D eigenvalue weighted by molar-refractivity contribution is 7.89. The van der Waals surface area contributed by atoms with Crippen molar-refractivity contribution in [3.8, 4) is 5.75 Å². The van der Waals surface area contributed by atoms with Gasteiger partial charge in [-0.25, -0.2) is 13.6 Å². The quantitative estimate of drug-likeness (QED) is 0.872. The summed E-state index contributed by atoms with van der Waals surface area (Å²) in [6.45, 7) is 2.26. The molecule has 0 fully saturated rings. The van der Waals surface area contributed by atoms with Gasteiger partial charge in [0.2, 0.25) is 15.5 Å². The van der Waals surface area contributed by atoms with Crippen LogP contribution in [0.1, 0.15) is 18.2 Å². The number of primary sulfonamides is 1. The number of benzene rings is 1. The van der Waals surface area contributed by atoms with Crippen LogP contribution >= 0.6 is 0 Å². The SMILES string of the molecule is CCc1c(O)c(=O)ccn1Cc1ccc(S(N)(=O)=O)cc1. The molecule has 6 nitrogen and oxygen atoms in total. The van der Waals surface area contributed by atoms with Gasteiger partial charge in [-0.3, -0.25) is 4.79 Å². The third-order valence-electron chi connectivity index (χ3n) is 3.20. The van der Waals surface area contributed by atoms with Crippen LogP contribution in [-0.4, -0.2) is 18.1 Å². The molecule has 0 atom stereocenters. The van der Waals surface area contributed by atoms with Gasteiger partial charge in [-0.2, -0.15) is 0 Å². The highest BCUT2D eigenvalue weighted by Gasteiger charge is 2.10. The van der Waals surface area contributed by atoms with Gasteiger partial charge in [-0.1, -0.05) is 19.1 Å². The van der Waals surface area contributed by atoms with Crippen molar-refractivity contribution < 1.29 is 13.5 Å². The van der Waals surface area contributed by atoms with Crippen LogP contribution in [0.4, 0.5) is 0 Å². The predicted molar refractivity (Wildman–Crippen MR) is 78.7 cm³/mol. The van der Waals surface area contributed by atoms with E-state index in [0.717, 1.165) is 5.56 Å². The normalized spacial score (nSPS) is 11.5. The van der Waals surface area contributed by atoms with E-state index in [-0.39, 0.29) is 10.6 Å². The first kappa shape index (κ1) is 15.3. The number of aromatic hydroxyl groups is 1. The molecule has 0 aliphatic rings. The standard InChI is InChI=1S/C14H16N2O4S/c1-2-12-14(18)13(17)7-8-16(12)9-10-3-5-11(6-4-10)21(15,19)20/h3-8,18H,2,9H2,1H3,(H2,15,19,20). The average Bonchev–Trinajstić information content (AvgIpc) is 2.43.